The van der Waals surface area contributed by atoms with Gasteiger partial charge in [-0.05, 0) is 26.8 Å². The summed E-state index contributed by atoms with van der Waals surface area (Å²) in [5, 5.41) is 8.74. The molecular formula is C12H17O4. The molecule has 0 fully saturated rings. The molecule has 0 saturated carbocycles. The van der Waals surface area contributed by atoms with Gasteiger partial charge in [-0.3, -0.25) is 0 Å². The van der Waals surface area contributed by atoms with Crippen molar-refractivity contribution in [1.82, 2.24) is 0 Å². The molecule has 0 spiro atoms. The molecule has 0 heterocycles. The SMILES string of the molecule is C=C(C)C(=O)OC(C)([CH]C)C=C(C)C(=O)O. The third-order valence-electron chi connectivity index (χ3n) is 2.07. The van der Waals surface area contributed by atoms with Crippen LogP contribution in [0.1, 0.15) is 27.7 Å². The van der Waals surface area contributed by atoms with Gasteiger partial charge in [0.1, 0.15) is 5.60 Å². The average molecular weight is 225 g/mol. The molecule has 1 atom stereocenters. The summed E-state index contributed by atoms with van der Waals surface area (Å²) in [5.74, 6) is -1.59. The Labute approximate surface area is 95.6 Å². The number of esters is 1. The molecule has 0 saturated heterocycles. The van der Waals surface area contributed by atoms with Gasteiger partial charge < -0.3 is 9.84 Å². The molecule has 0 aromatic rings. The zero-order valence-corrected chi connectivity index (χ0v) is 10.0. The van der Waals surface area contributed by atoms with E-state index in [9.17, 15) is 9.59 Å². The van der Waals surface area contributed by atoms with Gasteiger partial charge in [-0.1, -0.05) is 13.5 Å². The van der Waals surface area contributed by atoms with Gasteiger partial charge in [0.25, 0.3) is 0 Å². The van der Waals surface area contributed by atoms with Gasteiger partial charge in [0.2, 0.25) is 0 Å². The van der Waals surface area contributed by atoms with Crippen LogP contribution in [0.15, 0.2) is 23.8 Å². The van der Waals surface area contributed by atoms with E-state index in [1.807, 2.05) is 0 Å². The van der Waals surface area contributed by atoms with Gasteiger partial charge in [-0.25, -0.2) is 9.59 Å². The Kier molecular flexibility index (Phi) is 4.95. The van der Waals surface area contributed by atoms with Crippen molar-refractivity contribution in [2.75, 3.05) is 0 Å². The Morgan fingerprint density at radius 3 is 2.19 bits per heavy atom. The standard InChI is InChI=1S/C12H17O4/c1-6-12(5,7-9(4)10(13)14)16-11(15)8(2)3/h6-7H,2H2,1,3-5H3,(H,13,14). The number of aliphatic carboxylic acids is 1. The summed E-state index contributed by atoms with van der Waals surface area (Å²) in [7, 11) is 0. The molecule has 1 radical (unpaired) electrons. The van der Waals surface area contributed by atoms with Crippen LogP contribution in [0.2, 0.25) is 0 Å². The van der Waals surface area contributed by atoms with Crippen molar-refractivity contribution in [3.8, 4) is 0 Å². The maximum Gasteiger partial charge on any atom is 0.333 e. The number of rotatable bonds is 5. The third-order valence-corrected chi connectivity index (χ3v) is 2.07. The molecule has 1 N–H and O–H groups in total. The zero-order chi connectivity index (χ0) is 12.9. The lowest BCUT2D eigenvalue weighted by atomic mass is 10.00. The average Bonchev–Trinajstić information content (AvgIpc) is 2.17. The minimum absolute atomic E-state index is 0.120. The van der Waals surface area contributed by atoms with Crippen LogP contribution < -0.4 is 0 Å². The molecule has 16 heavy (non-hydrogen) atoms. The number of carbonyl (C=O) groups is 2. The summed E-state index contributed by atoms with van der Waals surface area (Å²) < 4.78 is 5.14. The van der Waals surface area contributed by atoms with Crippen LogP contribution in [0.3, 0.4) is 0 Å². The van der Waals surface area contributed by atoms with Gasteiger partial charge in [-0.15, -0.1) is 0 Å². The Hall–Kier alpha value is -1.58. The first-order valence-electron chi connectivity index (χ1n) is 4.84. The highest BCUT2D eigenvalue weighted by atomic mass is 16.6. The maximum absolute atomic E-state index is 11.4. The van der Waals surface area contributed by atoms with E-state index in [0.29, 0.717) is 0 Å². The second-order valence-electron chi connectivity index (χ2n) is 3.77. The lowest BCUT2D eigenvalue weighted by Gasteiger charge is -2.25. The monoisotopic (exact) mass is 225 g/mol. The topological polar surface area (TPSA) is 63.6 Å². The zero-order valence-electron chi connectivity index (χ0n) is 10.0. The number of hydrogen-bond donors (Lipinski definition) is 1. The van der Waals surface area contributed by atoms with Crippen molar-refractivity contribution in [2.24, 2.45) is 0 Å². The lowest BCUT2D eigenvalue weighted by molar-refractivity contribution is -0.147. The summed E-state index contributed by atoms with van der Waals surface area (Å²) in [5.41, 5.74) is -0.636. The fourth-order valence-corrected chi connectivity index (χ4v) is 0.950. The highest BCUT2D eigenvalue weighted by Gasteiger charge is 2.26. The van der Waals surface area contributed by atoms with Crippen molar-refractivity contribution in [1.29, 1.82) is 0 Å². The molecule has 0 aliphatic carbocycles. The molecule has 0 rings (SSSR count). The normalized spacial score (nSPS) is 15.1. The number of hydrogen-bond acceptors (Lipinski definition) is 3. The first-order valence-corrected chi connectivity index (χ1v) is 4.84. The van der Waals surface area contributed by atoms with E-state index in [1.165, 1.54) is 19.9 Å². The minimum atomic E-state index is -1.04. The Morgan fingerprint density at radius 1 is 1.38 bits per heavy atom. The third kappa shape index (κ3) is 4.29. The van der Waals surface area contributed by atoms with E-state index in [2.05, 4.69) is 6.58 Å². The molecule has 89 valence electrons. The van der Waals surface area contributed by atoms with Crippen LogP contribution in [0.5, 0.6) is 0 Å². The van der Waals surface area contributed by atoms with Crippen molar-refractivity contribution >= 4 is 11.9 Å². The van der Waals surface area contributed by atoms with Crippen molar-refractivity contribution in [3.63, 3.8) is 0 Å². The second kappa shape index (κ2) is 5.49. The summed E-state index contributed by atoms with van der Waals surface area (Å²) >= 11 is 0. The highest BCUT2D eigenvalue weighted by Crippen LogP contribution is 2.20. The number of ether oxygens (including phenoxy) is 1. The molecule has 0 aromatic carbocycles. The Bertz CT molecular complexity index is 341. The summed E-state index contributed by atoms with van der Waals surface area (Å²) in [6, 6.07) is 0. The molecule has 0 aliphatic heterocycles. The maximum atomic E-state index is 11.4. The Morgan fingerprint density at radius 2 is 1.88 bits per heavy atom. The first-order chi connectivity index (χ1) is 7.22. The second-order valence-corrected chi connectivity index (χ2v) is 3.77. The lowest BCUT2D eigenvalue weighted by Crippen LogP contribution is -2.30. The van der Waals surface area contributed by atoms with Crippen LogP contribution in [0.4, 0.5) is 0 Å². The van der Waals surface area contributed by atoms with Gasteiger partial charge >= 0.3 is 11.9 Å². The van der Waals surface area contributed by atoms with E-state index < -0.39 is 17.5 Å². The van der Waals surface area contributed by atoms with Gasteiger partial charge in [-0.2, -0.15) is 0 Å². The molecule has 0 bridgehead atoms. The number of carboxylic acid groups (broad SMARTS) is 1. The fraction of sp³-hybridized carbons (Fsp3) is 0.417. The predicted molar refractivity (Wildman–Crippen MR) is 60.7 cm³/mol. The first kappa shape index (κ1) is 14.4. The predicted octanol–water partition coefficient (Wildman–Crippen LogP) is 2.12. The summed E-state index contributed by atoms with van der Waals surface area (Å²) in [6.07, 6.45) is 3.00. The molecule has 0 amide bonds. The largest absolute Gasteiger partial charge is 0.478 e. The molecule has 1 unspecified atom stereocenters. The van der Waals surface area contributed by atoms with E-state index in [-0.39, 0.29) is 11.1 Å². The van der Waals surface area contributed by atoms with E-state index in [0.717, 1.165) is 0 Å². The molecule has 4 heteroatoms. The fourth-order valence-electron chi connectivity index (χ4n) is 0.950. The van der Waals surface area contributed by atoms with Gasteiger partial charge in [0, 0.05) is 17.6 Å². The van der Waals surface area contributed by atoms with Crippen molar-refractivity contribution in [2.45, 2.75) is 33.3 Å². The molecular weight excluding hydrogens is 208 g/mol. The van der Waals surface area contributed by atoms with Crippen LogP contribution in [-0.2, 0) is 14.3 Å². The van der Waals surface area contributed by atoms with E-state index in [1.54, 1.807) is 20.3 Å². The van der Waals surface area contributed by atoms with E-state index in [4.69, 9.17) is 9.84 Å². The number of carbonyl (C=O) groups excluding carboxylic acids is 1. The summed E-state index contributed by atoms with van der Waals surface area (Å²) in [4.78, 5) is 22.0. The van der Waals surface area contributed by atoms with Crippen molar-refractivity contribution in [3.05, 3.63) is 30.2 Å². The van der Waals surface area contributed by atoms with Crippen molar-refractivity contribution < 1.29 is 19.4 Å². The van der Waals surface area contributed by atoms with Gasteiger partial charge in [0.15, 0.2) is 0 Å². The quantitative estimate of drug-likeness (QED) is 0.575. The van der Waals surface area contributed by atoms with Crippen LogP contribution >= 0.6 is 0 Å². The van der Waals surface area contributed by atoms with E-state index >= 15 is 0 Å². The molecule has 0 aliphatic rings. The Balaban J connectivity index is 4.93. The molecule has 0 aromatic heterocycles. The minimum Gasteiger partial charge on any atom is -0.478 e. The van der Waals surface area contributed by atoms with Crippen LogP contribution in [0, 0.1) is 6.42 Å². The van der Waals surface area contributed by atoms with Crippen LogP contribution in [-0.4, -0.2) is 22.6 Å². The molecule has 4 nitrogen and oxygen atoms in total. The van der Waals surface area contributed by atoms with Crippen LogP contribution in [0.25, 0.3) is 0 Å². The smallest absolute Gasteiger partial charge is 0.333 e. The van der Waals surface area contributed by atoms with Gasteiger partial charge in [0.05, 0.1) is 0 Å². The summed E-state index contributed by atoms with van der Waals surface area (Å²) in [6.45, 7) is 9.74. The highest BCUT2D eigenvalue weighted by molar-refractivity contribution is 5.88. The number of carboxylic acids is 1.